The van der Waals surface area contributed by atoms with Gasteiger partial charge in [0.05, 0.1) is 0 Å². The first-order chi connectivity index (χ1) is 8.33. The Morgan fingerprint density at radius 1 is 1.12 bits per heavy atom. The van der Waals surface area contributed by atoms with Gasteiger partial charge in [0.25, 0.3) is 0 Å². The maximum atomic E-state index is 11.6. The molecular formula is C14H21IO2. The van der Waals surface area contributed by atoms with Gasteiger partial charge in [0.2, 0.25) is 0 Å². The van der Waals surface area contributed by atoms with E-state index in [0.29, 0.717) is 6.42 Å². The van der Waals surface area contributed by atoms with Gasteiger partial charge in [0.15, 0.2) is 0 Å². The summed E-state index contributed by atoms with van der Waals surface area (Å²) in [4.78, 5) is 11.6. The number of cyclic esters (lactones) is 1. The van der Waals surface area contributed by atoms with Gasteiger partial charge in [-0.15, -0.1) is 11.8 Å². The Morgan fingerprint density at radius 3 is 2.59 bits per heavy atom. The minimum absolute atomic E-state index is 0.0187. The molecule has 0 spiro atoms. The summed E-state index contributed by atoms with van der Waals surface area (Å²) in [7, 11) is 0. The fraction of sp³-hybridized carbons (Fsp3) is 0.786. The highest BCUT2D eigenvalue weighted by Gasteiger charge is 2.12. The second kappa shape index (κ2) is 9.76. The van der Waals surface area contributed by atoms with Crippen LogP contribution in [-0.4, -0.2) is 16.5 Å². The van der Waals surface area contributed by atoms with Crippen molar-refractivity contribution in [1.29, 1.82) is 0 Å². The van der Waals surface area contributed by atoms with E-state index < -0.39 is 0 Å². The molecule has 1 aliphatic rings. The van der Waals surface area contributed by atoms with Gasteiger partial charge in [-0.25, -0.2) is 0 Å². The van der Waals surface area contributed by atoms with Gasteiger partial charge in [0.1, 0.15) is 6.10 Å². The molecule has 0 saturated heterocycles. The van der Waals surface area contributed by atoms with Gasteiger partial charge in [0, 0.05) is 23.7 Å². The van der Waals surface area contributed by atoms with E-state index in [1.165, 1.54) is 12.8 Å². The minimum atomic E-state index is -0.0187. The first kappa shape index (κ1) is 14.8. The molecule has 1 atom stereocenters. The van der Waals surface area contributed by atoms with Gasteiger partial charge in [-0.05, 0) is 25.7 Å². The lowest BCUT2D eigenvalue weighted by molar-refractivity contribution is -0.148. The van der Waals surface area contributed by atoms with E-state index >= 15 is 0 Å². The van der Waals surface area contributed by atoms with Crippen LogP contribution >= 0.6 is 22.6 Å². The summed E-state index contributed by atoms with van der Waals surface area (Å²) in [6.45, 7) is 0. The third-order valence-corrected chi connectivity index (χ3v) is 3.84. The molecule has 0 radical (unpaired) electrons. The molecule has 0 aromatic carbocycles. The molecule has 3 heteroatoms. The normalized spacial score (nSPS) is 24.1. The van der Waals surface area contributed by atoms with Crippen molar-refractivity contribution in [2.45, 2.75) is 63.9 Å². The highest BCUT2D eigenvalue weighted by Crippen LogP contribution is 2.12. The summed E-state index contributed by atoms with van der Waals surface area (Å²) < 4.78 is 6.34. The standard InChI is InChI=1S/C14H21IO2/c15-12-13-10-8-6-4-2-1-3-5-7-9-11-14(16)17-13/h13H,1,3,5-12H2. The molecule has 0 fully saturated rings. The zero-order valence-electron chi connectivity index (χ0n) is 10.3. The van der Waals surface area contributed by atoms with Crippen LogP contribution in [0.25, 0.3) is 0 Å². The van der Waals surface area contributed by atoms with Crippen LogP contribution in [0.15, 0.2) is 0 Å². The maximum absolute atomic E-state index is 11.6. The summed E-state index contributed by atoms with van der Waals surface area (Å²) in [5.74, 6) is 6.40. The van der Waals surface area contributed by atoms with Crippen molar-refractivity contribution in [3.63, 3.8) is 0 Å². The molecule has 1 unspecified atom stereocenters. The van der Waals surface area contributed by atoms with Crippen molar-refractivity contribution >= 4 is 28.6 Å². The number of rotatable bonds is 1. The molecule has 0 saturated carbocycles. The topological polar surface area (TPSA) is 26.3 Å². The average Bonchev–Trinajstić information content (AvgIpc) is 2.33. The van der Waals surface area contributed by atoms with E-state index in [4.69, 9.17) is 4.74 Å². The molecule has 1 heterocycles. The van der Waals surface area contributed by atoms with Crippen LogP contribution in [0.3, 0.4) is 0 Å². The molecule has 96 valence electrons. The SMILES string of the molecule is O=C1CCCCCCC#CCCCC(CI)O1. The average molecular weight is 348 g/mol. The minimum Gasteiger partial charge on any atom is -0.462 e. The van der Waals surface area contributed by atoms with Crippen molar-refractivity contribution in [3.8, 4) is 11.8 Å². The van der Waals surface area contributed by atoms with Crippen LogP contribution in [0.1, 0.15) is 57.8 Å². The zero-order valence-corrected chi connectivity index (χ0v) is 12.5. The molecule has 1 rings (SSSR count). The number of hydrogen-bond acceptors (Lipinski definition) is 2. The molecule has 0 aliphatic carbocycles. The monoisotopic (exact) mass is 348 g/mol. The van der Waals surface area contributed by atoms with E-state index in [1.807, 2.05) is 0 Å². The van der Waals surface area contributed by atoms with E-state index in [2.05, 4.69) is 34.4 Å². The number of carbonyl (C=O) groups is 1. The number of esters is 1. The molecule has 0 aromatic heterocycles. The Hall–Kier alpha value is -0.240. The second-order valence-electron chi connectivity index (χ2n) is 4.43. The Kier molecular flexibility index (Phi) is 8.50. The molecule has 0 amide bonds. The summed E-state index contributed by atoms with van der Waals surface area (Å²) >= 11 is 2.29. The maximum Gasteiger partial charge on any atom is 0.306 e. The number of carbonyl (C=O) groups excluding carboxylic acids is 1. The predicted molar refractivity (Wildman–Crippen MR) is 78.1 cm³/mol. The smallest absolute Gasteiger partial charge is 0.306 e. The number of ether oxygens (including phenoxy) is 1. The lowest BCUT2D eigenvalue weighted by Gasteiger charge is -2.15. The van der Waals surface area contributed by atoms with Crippen molar-refractivity contribution < 1.29 is 9.53 Å². The first-order valence-corrected chi connectivity index (χ1v) is 8.06. The Labute approximate surface area is 118 Å². The van der Waals surface area contributed by atoms with Gasteiger partial charge in [-0.2, -0.15) is 0 Å². The number of alkyl halides is 1. The largest absolute Gasteiger partial charge is 0.462 e. The van der Waals surface area contributed by atoms with Gasteiger partial charge < -0.3 is 4.74 Å². The van der Waals surface area contributed by atoms with E-state index in [0.717, 1.165) is 43.0 Å². The van der Waals surface area contributed by atoms with Crippen LogP contribution in [0, 0.1) is 11.8 Å². The van der Waals surface area contributed by atoms with E-state index in [-0.39, 0.29) is 12.1 Å². The van der Waals surface area contributed by atoms with Crippen molar-refractivity contribution in [2.75, 3.05) is 4.43 Å². The molecular weight excluding hydrogens is 327 g/mol. The summed E-state index contributed by atoms with van der Waals surface area (Å²) in [5, 5.41) is 0. The zero-order chi connectivity index (χ0) is 12.3. The molecule has 0 bridgehead atoms. The first-order valence-electron chi connectivity index (χ1n) is 6.54. The lowest BCUT2D eigenvalue weighted by Crippen LogP contribution is -2.19. The molecule has 0 N–H and O–H groups in total. The highest BCUT2D eigenvalue weighted by molar-refractivity contribution is 14.1. The summed E-state index contributed by atoms with van der Waals surface area (Å²) in [5.41, 5.74) is 0. The third kappa shape index (κ3) is 7.64. The van der Waals surface area contributed by atoms with Crippen molar-refractivity contribution in [3.05, 3.63) is 0 Å². The fourth-order valence-corrected chi connectivity index (χ4v) is 2.46. The Bertz CT molecular complexity index is 278. The van der Waals surface area contributed by atoms with Crippen molar-refractivity contribution in [1.82, 2.24) is 0 Å². The van der Waals surface area contributed by atoms with Crippen molar-refractivity contribution in [2.24, 2.45) is 0 Å². The number of halogens is 1. The summed E-state index contributed by atoms with van der Waals surface area (Å²) in [6.07, 6.45) is 9.02. The number of hydrogen-bond donors (Lipinski definition) is 0. The third-order valence-electron chi connectivity index (χ3n) is 2.86. The Morgan fingerprint density at radius 2 is 1.82 bits per heavy atom. The lowest BCUT2D eigenvalue weighted by atomic mass is 10.1. The second-order valence-corrected chi connectivity index (χ2v) is 5.31. The quantitative estimate of drug-likeness (QED) is 0.311. The highest BCUT2D eigenvalue weighted by atomic mass is 127. The fourth-order valence-electron chi connectivity index (χ4n) is 1.84. The van der Waals surface area contributed by atoms with Gasteiger partial charge in [-0.3, -0.25) is 4.79 Å². The van der Waals surface area contributed by atoms with E-state index in [9.17, 15) is 4.79 Å². The Balaban J connectivity index is 2.40. The van der Waals surface area contributed by atoms with Crippen LogP contribution in [-0.2, 0) is 9.53 Å². The van der Waals surface area contributed by atoms with Crippen LogP contribution in [0.5, 0.6) is 0 Å². The molecule has 2 nitrogen and oxygen atoms in total. The van der Waals surface area contributed by atoms with Crippen LogP contribution < -0.4 is 0 Å². The molecule has 0 aromatic rings. The van der Waals surface area contributed by atoms with Gasteiger partial charge in [-0.1, -0.05) is 35.4 Å². The predicted octanol–water partition coefficient (Wildman–Crippen LogP) is 3.86. The molecule has 1 aliphatic heterocycles. The van der Waals surface area contributed by atoms with E-state index in [1.54, 1.807) is 0 Å². The summed E-state index contributed by atoms with van der Waals surface area (Å²) in [6, 6.07) is 0. The molecule has 17 heavy (non-hydrogen) atoms. The van der Waals surface area contributed by atoms with Crippen LogP contribution in [0.2, 0.25) is 0 Å². The van der Waals surface area contributed by atoms with Crippen LogP contribution in [0.4, 0.5) is 0 Å². The van der Waals surface area contributed by atoms with Gasteiger partial charge >= 0.3 is 5.97 Å².